The number of nitrogens with zero attached hydrogens (tertiary/aromatic N) is 1. The lowest BCUT2D eigenvalue weighted by Crippen LogP contribution is -2.34. The van der Waals surface area contributed by atoms with Crippen LogP contribution in [-0.2, 0) is 0 Å². The fraction of sp³-hybridized carbons (Fsp3) is 1.00. The summed E-state index contributed by atoms with van der Waals surface area (Å²) in [7, 11) is 2.16. The quantitative estimate of drug-likeness (QED) is 0.688. The van der Waals surface area contributed by atoms with Gasteiger partial charge in [-0.1, -0.05) is 0 Å². The van der Waals surface area contributed by atoms with Gasteiger partial charge in [0.15, 0.2) is 0 Å². The molecule has 0 saturated carbocycles. The smallest absolute Gasteiger partial charge is 0.0433 e. The average molecular weight is 201 g/mol. The van der Waals surface area contributed by atoms with Crippen molar-refractivity contribution in [1.29, 1.82) is 0 Å². The number of hydrogen-bond acceptors (Lipinski definition) is 3. The summed E-state index contributed by atoms with van der Waals surface area (Å²) >= 11 is 0. The van der Waals surface area contributed by atoms with Crippen LogP contribution in [0.25, 0.3) is 0 Å². The third kappa shape index (κ3) is 3.56. The molecule has 0 aliphatic carbocycles. The number of hydrogen-bond donors (Lipinski definition) is 2. The molecule has 0 atom stereocenters. The van der Waals surface area contributed by atoms with Gasteiger partial charge in [-0.15, -0.1) is 0 Å². The molecule has 0 unspecified atom stereocenters. The van der Waals surface area contributed by atoms with Crippen LogP contribution in [0.3, 0.4) is 0 Å². The Bertz CT molecular complexity index is 138. The predicted molar refractivity (Wildman–Crippen MR) is 57.1 cm³/mol. The summed E-state index contributed by atoms with van der Waals surface area (Å²) in [4.78, 5) is 2.35. The van der Waals surface area contributed by atoms with E-state index >= 15 is 0 Å². The van der Waals surface area contributed by atoms with Gasteiger partial charge >= 0.3 is 0 Å². The van der Waals surface area contributed by atoms with E-state index < -0.39 is 0 Å². The summed E-state index contributed by atoms with van der Waals surface area (Å²) in [6.45, 7) is 2.85. The summed E-state index contributed by atoms with van der Waals surface area (Å²) in [5, 5.41) is 17.9. The van der Waals surface area contributed by atoms with Crippen LogP contribution in [0.4, 0.5) is 0 Å². The van der Waals surface area contributed by atoms with E-state index in [9.17, 15) is 0 Å². The minimum absolute atomic E-state index is 0.261. The highest BCUT2D eigenvalue weighted by atomic mass is 16.3. The molecule has 0 aromatic rings. The van der Waals surface area contributed by atoms with Crippen molar-refractivity contribution in [2.24, 2.45) is 11.8 Å². The molecule has 0 amide bonds. The van der Waals surface area contributed by atoms with Gasteiger partial charge in [0, 0.05) is 13.2 Å². The van der Waals surface area contributed by atoms with Gasteiger partial charge in [0.05, 0.1) is 0 Å². The first-order chi connectivity index (χ1) is 6.77. The summed E-state index contributed by atoms with van der Waals surface area (Å²) in [5.41, 5.74) is 0. The molecule has 0 aromatic carbocycles. The van der Waals surface area contributed by atoms with Crippen molar-refractivity contribution >= 4 is 0 Å². The molecular weight excluding hydrogens is 178 g/mol. The van der Waals surface area contributed by atoms with Crippen molar-refractivity contribution in [3.05, 3.63) is 0 Å². The monoisotopic (exact) mass is 201 g/mol. The van der Waals surface area contributed by atoms with Gasteiger partial charge in [0.2, 0.25) is 0 Å². The van der Waals surface area contributed by atoms with E-state index in [2.05, 4.69) is 11.9 Å². The highest BCUT2D eigenvalue weighted by Crippen LogP contribution is 2.28. The summed E-state index contributed by atoms with van der Waals surface area (Å²) in [6.07, 6.45) is 4.16. The molecule has 0 spiro atoms. The Morgan fingerprint density at radius 3 is 2.07 bits per heavy atom. The first kappa shape index (κ1) is 12.0. The molecule has 1 aliphatic heterocycles. The topological polar surface area (TPSA) is 43.7 Å². The molecule has 1 rings (SSSR count). The Labute approximate surface area is 86.7 Å². The average Bonchev–Trinajstić information content (AvgIpc) is 2.19. The molecule has 0 bridgehead atoms. The minimum Gasteiger partial charge on any atom is -0.396 e. The van der Waals surface area contributed by atoms with Gasteiger partial charge in [0.25, 0.3) is 0 Å². The SMILES string of the molecule is CN1CCC(C(CCO)CCO)CC1. The van der Waals surface area contributed by atoms with Crippen LogP contribution in [0.15, 0.2) is 0 Å². The molecular formula is C11H23NO2. The Balaban J connectivity index is 2.34. The van der Waals surface area contributed by atoms with E-state index in [0.29, 0.717) is 11.8 Å². The highest BCUT2D eigenvalue weighted by Gasteiger charge is 2.24. The molecule has 0 aromatic heterocycles. The standard InChI is InChI=1S/C11H23NO2/c1-12-6-2-10(3-7-12)11(4-8-13)5-9-14/h10-11,13-14H,2-9H2,1H3. The lowest BCUT2D eigenvalue weighted by Gasteiger charge is -2.34. The second kappa shape index (κ2) is 6.38. The molecule has 3 heteroatoms. The van der Waals surface area contributed by atoms with Crippen molar-refractivity contribution < 1.29 is 10.2 Å². The second-order valence-electron chi connectivity index (χ2n) is 4.43. The van der Waals surface area contributed by atoms with Gasteiger partial charge in [-0.3, -0.25) is 0 Å². The molecule has 84 valence electrons. The fourth-order valence-corrected chi connectivity index (χ4v) is 2.45. The number of piperidine rings is 1. The summed E-state index contributed by atoms with van der Waals surface area (Å²) in [6, 6.07) is 0. The van der Waals surface area contributed by atoms with E-state index in [4.69, 9.17) is 10.2 Å². The lowest BCUT2D eigenvalue weighted by molar-refractivity contribution is 0.123. The maximum atomic E-state index is 8.95. The molecule has 1 fully saturated rings. The van der Waals surface area contributed by atoms with E-state index in [0.717, 1.165) is 25.9 Å². The first-order valence-electron chi connectivity index (χ1n) is 5.68. The van der Waals surface area contributed by atoms with Crippen LogP contribution >= 0.6 is 0 Å². The Kier molecular flexibility index (Phi) is 5.45. The van der Waals surface area contributed by atoms with Crippen LogP contribution in [-0.4, -0.2) is 48.5 Å². The zero-order chi connectivity index (χ0) is 10.4. The second-order valence-corrected chi connectivity index (χ2v) is 4.43. The first-order valence-corrected chi connectivity index (χ1v) is 5.68. The van der Waals surface area contributed by atoms with E-state index in [1.54, 1.807) is 0 Å². The molecule has 1 heterocycles. The molecule has 0 radical (unpaired) electrons. The normalized spacial score (nSPS) is 20.6. The van der Waals surface area contributed by atoms with Crippen molar-refractivity contribution in [2.45, 2.75) is 25.7 Å². The van der Waals surface area contributed by atoms with Gasteiger partial charge in [0.1, 0.15) is 0 Å². The zero-order valence-corrected chi connectivity index (χ0v) is 9.15. The van der Waals surface area contributed by atoms with Crippen molar-refractivity contribution in [1.82, 2.24) is 4.90 Å². The maximum absolute atomic E-state index is 8.95. The van der Waals surface area contributed by atoms with E-state index in [-0.39, 0.29) is 13.2 Å². The molecule has 14 heavy (non-hydrogen) atoms. The number of rotatable bonds is 5. The molecule has 1 saturated heterocycles. The van der Waals surface area contributed by atoms with Crippen molar-refractivity contribution in [2.75, 3.05) is 33.4 Å². The van der Waals surface area contributed by atoms with Crippen LogP contribution < -0.4 is 0 Å². The van der Waals surface area contributed by atoms with E-state index in [1.165, 1.54) is 12.8 Å². The van der Waals surface area contributed by atoms with Gasteiger partial charge < -0.3 is 15.1 Å². The van der Waals surface area contributed by atoms with Crippen LogP contribution in [0.5, 0.6) is 0 Å². The van der Waals surface area contributed by atoms with Crippen LogP contribution in [0, 0.1) is 11.8 Å². The van der Waals surface area contributed by atoms with E-state index in [1.807, 2.05) is 0 Å². The highest BCUT2D eigenvalue weighted by molar-refractivity contribution is 4.76. The fourth-order valence-electron chi connectivity index (χ4n) is 2.45. The largest absolute Gasteiger partial charge is 0.396 e. The summed E-state index contributed by atoms with van der Waals surface area (Å²) in [5.74, 6) is 1.24. The predicted octanol–water partition coefficient (Wildman–Crippen LogP) is 0.709. The Morgan fingerprint density at radius 1 is 1.14 bits per heavy atom. The Hall–Kier alpha value is -0.120. The summed E-state index contributed by atoms with van der Waals surface area (Å²) < 4.78 is 0. The molecule has 1 aliphatic rings. The van der Waals surface area contributed by atoms with Crippen molar-refractivity contribution in [3.8, 4) is 0 Å². The third-order valence-electron chi connectivity index (χ3n) is 3.43. The molecule has 2 N–H and O–H groups in total. The van der Waals surface area contributed by atoms with Crippen LogP contribution in [0.1, 0.15) is 25.7 Å². The number of aliphatic hydroxyl groups is 2. The number of likely N-dealkylation sites (tertiary alicyclic amines) is 1. The maximum Gasteiger partial charge on any atom is 0.0433 e. The Morgan fingerprint density at radius 2 is 1.64 bits per heavy atom. The number of aliphatic hydroxyl groups excluding tert-OH is 2. The van der Waals surface area contributed by atoms with Gasteiger partial charge in [-0.2, -0.15) is 0 Å². The molecule has 3 nitrogen and oxygen atoms in total. The van der Waals surface area contributed by atoms with Gasteiger partial charge in [-0.25, -0.2) is 0 Å². The van der Waals surface area contributed by atoms with Crippen molar-refractivity contribution in [3.63, 3.8) is 0 Å². The minimum atomic E-state index is 0.261. The van der Waals surface area contributed by atoms with Crippen LogP contribution in [0.2, 0.25) is 0 Å². The zero-order valence-electron chi connectivity index (χ0n) is 9.15. The third-order valence-corrected chi connectivity index (χ3v) is 3.43. The van der Waals surface area contributed by atoms with Gasteiger partial charge in [-0.05, 0) is 57.7 Å². The lowest BCUT2D eigenvalue weighted by atomic mass is 9.81.